The van der Waals surface area contributed by atoms with Crippen LogP contribution in [-0.2, 0) is 0 Å². The smallest absolute Gasteiger partial charge is 0.129 e. The lowest BCUT2D eigenvalue weighted by molar-refractivity contribution is 0.648. The van der Waals surface area contributed by atoms with Crippen molar-refractivity contribution in [2.45, 2.75) is 6.92 Å². The highest BCUT2D eigenvalue weighted by Crippen LogP contribution is 2.22. The predicted molar refractivity (Wildman–Crippen MR) is 89.5 cm³/mol. The summed E-state index contributed by atoms with van der Waals surface area (Å²) in [6.07, 6.45) is 1.88. The van der Waals surface area contributed by atoms with Gasteiger partial charge in [0.05, 0.1) is 17.4 Å². The molecule has 1 aromatic carbocycles. The quantitative estimate of drug-likeness (QED) is 0.789. The third-order valence-electron chi connectivity index (χ3n) is 4.35. The molecule has 0 amide bonds. The second kappa shape index (κ2) is 5.33. The molecule has 1 saturated heterocycles. The number of pyridine rings is 1. The van der Waals surface area contributed by atoms with Crippen molar-refractivity contribution in [2.24, 2.45) is 0 Å². The van der Waals surface area contributed by atoms with Crippen molar-refractivity contribution < 1.29 is 0 Å². The number of fused-ring (bicyclic) bond motifs is 1. The fourth-order valence-electron chi connectivity index (χ4n) is 3.04. The molecule has 5 heteroatoms. The van der Waals surface area contributed by atoms with E-state index in [9.17, 15) is 0 Å². The molecule has 112 valence electrons. The molecule has 3 aromatic rings. The summed E-state index contributed by atoms with van der Waals surface area (Å²) < 4.78 is 0. The largest absolute Gasteiger partial charge is 0.368 e. The molecule has 0 saturated carbocycles. The Morgan fingerprint density at radius 2 is 1.73 bits per heavy atom. The van der Waals surface area contributed by atoms with Crippen LogP contribution in [0.15, 0.2) is 42.6 Å². The third kappa shape index (κ3) is 2.28. The Labute approximate surface area is 129 Å². The van der Waals surface area contributed by atoms with Crippen LogP contribution in [0.4, 0.5) is 11.5 Å². The predicted octanol–water partition coefficient (Wildman–Crippen LogP) is 2.59. The van der Waals surface area contributed by atoms with E-state index in [2.05, 4.69) is 61.4 Å². The summed E-state index contributed by atoms with van der Waals surface area (Å²) in [5.74, 6) is 1.05. The maximum absolute atomic E-state index is 4.58. The highest BCUT2D eigenvalue weighted by molar-refractivity contribution is 5.82. The molecule has 22 heavy (non-hydrogen) atoms. The summed E-state index contributed by atoms with van der Waals surface area (Å²) in [5.41, 5.74) is 3.34. The number of benzene rings is 1. The average molecular weight is 293 g/mol. The Hall–Kier alpha value is -2.56. The van der Waals surface area contributed by atoms with Crippen LogP contribution in [-0.4, -0.2) is 41.4 Å². The monoisotopic (exact) mass is 293 g/mol. The van der Waals surface area contributed by atoms with Gasteiger partial charge < -0.3 is 9.80 Å². The van der Waals surface area contributed by atoms with Gasteiger partial charge in [0.2, 0.25) is 0 Å². The number of hydrogen-bond donors (Lipinski definition) is 1. The third-order valence-corrected chi connectivity index (χ3v) is 4.35. The molecule has 0 atom stereocenters. The fraction of sp³-hybridized carbons (Fsp3) is 0.294. The summed E-state index contributed by atoms with van der Waals surface area (Å²) in [6, 6.07) is 12.7. The van der Waals surface area contributed by atoms with Crippen molar-refractivity contribution in [3.63, 3.8) is 0 Å². The SMILES string of the molecule is Cc1n[nH]c2cnc(N3CCN(c4ccccc4)CC3)cc12. The Morgan fingerprint density at radius 1 is 1.00 bits per heavy atom. The molecular formula is C17H19N5. The summed E-state index contributed by atoms with van der Waals surface area (Å²) >= 11 is 0. The number of aromatic amines is 1. The highest BCUT2D eigenvalue weighted by Gasteiger charge is 2.18. The lowest BCUT2D eigenvalue weighted by atomic mass is 10.2. The van der Waals surface area contributed by atoms with Crippen molar-refractivity contribution in [3.05, 3.63) is 48.3 Å². The molecule has 0 radical (unpaired) electrons. The van der Waals surface area contributed by atoms with Crippen molar-refractivity contribution in [1.29, 1.82) is 0 Å². The zero-order valence-electron chi connectivity index (χ0n) is 12.7. The number of nitrogens with zero attached hydrogens (tertiary/aromatic N) is 4. The van der Waals surface area contributed by atoms with Gasteiger partial charge in [0, 0.05) is 37.3 Å². The van der Waals surface area contributed by atoms with E-state index in [1.165, 1.54) is 5.69 Å². The molecule has 0 unspecified atom stereocenters. The van der Waals surface area contributed by atoms with Crippen LogP contribution in [0.5, 0.6) is 0 Å². The van der Waals surface area contributed by atoms with E-state index in [4.69, 9.17) is 0 Å². The molecular weight excluding hydrogens is 274 g/mol. The van der Waals surface area contributed by atoms with E-state index in [0.29, 0.717) is 0 Å². The molecule has 3 heterocycles. The minimum absolute atomic E-state index is 0.990. The van der Waals surface area contributed by atoms with Crippen LogP contribution in [0, 0.1) is 6.92 Å². The van der Waals surface area contributed by atoms with E-state index < -0.39 is 0 Å². The number of para-hydroxylation sites is 1. The van der Waals surface area contributed by atoms with Gasteiger partial charge in [-0.25, -0.2) is 4.98 Å². The molecule has 1 aliphatic rings. The number of piperazine rings is 1. The highest BCUT2D eigenvalue weighted by atomic mass is 15.3. The first-order valence-electron chi connectivity index (χ1n) is 7.67. The van der Waals surface area contributed by atoms with Gasteiger partial charge in [-0.15, -0.1) is 0 Å². The number of hydrogen-bond acceptors (Lipinski definition) is 4. The van der Waals surface area contributed by atoms with Crippen LogP contribution in [0.25, 0.3) is 10.9 Å². The molecule has 0 bridgehead atoms. The Bertz CT molecular complexity index is 772. The molecule has 1 fully saturated rings. The van der Waals surface area contributed by atoms with Crippen LogP contribution < -0.4 is 9.80 Å². The van der Waals surface area contributed by atoms with Gasteiger partial charge in [-0.05, 0) is 25.1 Å². The Balaban J connectivity index is 1.51. The number of aromatic nitrogens is 3. The minimum atomic E-state index is 0.990. The number of H-pyrrole nitrogens is 1. The lowest BCUT2D eigenvalue weighted by Gasteiger charge is -2.36. The normalized spacial score (nSPS) is 15.5. The summed E-state index contributed by atoms with van der Waals surface area (Å²) in [4.78, 5) is 9.36. The topological polar surface area (TPSA) is 48.1 Å². The first-order chi connectivity index (χ1) is 10.8. The van der Waals surface area contributed by atoms with E-state index in [-0.39, 0.29) is 0 Å². The molecule has 0 spiro atoms. The average Bonchev–Trinajstić information content (AvgIpc) is 2.96. The van der Waals surface area contributed by atoms with Gasteiger partial charge in [0.1, 0.15) is 5.82 Å². The lowest BCUT2D eigenvalue weighted by Crippen LogP contribution is -2.46. The molecule has 1 aliphatic heterocycles. The van der Waals surface area contributed by atoms with Crippen LogP contribution in [0.1, 0.15) is 5.69 Å². The maximum atomic E-state index is 4.58. The van der Waals surface area contributed by atoms with Gasteiger partial charge in [0.25, 0.3) is 0 Å². The van der Waals surface area contributed by atoms with E-state index in [1.807, 2.05) is 13.1 Å². The minimum Gasteiger partial charge on any atom is -0.368 e. The van der Waals surface area contributed by atoms with Crippen molar-refractivity contribution >= 4 is 22.4 Å². The van der Waals surface area contributed by atoms with Gasteiger partial charge in [-0.3, -0.25) is 5.10 Å². The Morgan fingerprint density at radius 3 is 2.50 bits per heavy atom. The summed E-state index contributed by atoms with van der Waals surface area (Å²) in [5, 5.41) is 8.41. The molecule has 1 N–H and O–H groups in total. The van der Waals surface area contributed by atoms with Crippen LogP contribution in [0.2, 0.25) is 0 Å². The molecule has 2 aromatic heterocycles. The zero-order valence-corrected chi connectivity index (χ0v) is 12.7. The molecule has 4 rings (SSSR count). The zero-order chi connectivity index (χ0) is 14.9. The number of nitrogens with one attached hydrogen (secondary N) is 1. The van der Waals surface area contributed by atoms with E-state index in [0.717, 1.165) is 48.6 Å². The van der Waals surface area contributed by atoms with Crippen LogP contribution in [0.3, 0.4) is 0 Å². The second-order valence-corrected chi connectivity index (χ2v) is 5.71. The van der Waals surface area contributed by atoms with Gasteiger partial charge in [0.15, 0.2) is 0 Å². The number of anilines is 2. The van der Waals surface area contributed by atoms with Gasteiger partial charge in [-0.2, -0.15) is 5.10 Å². The molecule has 0 aliphatic carbocycles. The van der Waals surface area contributed by atoms with Gasteiger partial charge >= 0.3 is 0 Å². The summed E-state index contributed by atoms with van der Waals surface area (Å²) in [7, 11) is 0. The van der Waals surface area contributed by atoms with Crippen molar-refractivity contribution in [1.82, 2.24) is 15.2 Å². The van der Waals surface area contributed by atoms with E-state index in [1.54, 1.807) is 0 Å². The van der Waals surface area contributed by atoms with Crippen molar-refractivity contribution in [2.75, 3.05) is 36.0 Å². The summed E-state index contributed by atoms with van der Waals surface area (Å²) in [6.45, 7) is 6.05. The Kier molecular flexibility index (Phi) is 3.18. The number of rotatable bonds is 2. The van der Waals surface area contributed by atoms with E-state index >= 15 is 0 Å². The van der Waals surface area contributed by atoms with Crippen molar-refractivity contribution in [3.8, 4) is 0 Å². The number of aryl methyl sites for hydroxylation is 1. The standard InChI is InChI=1S/C17H19N5/c1-13-15-11-17(18-12-16(15)20-19-13)22-9-7-21(8-10-22)14-5-3-2-4-6-14/h2-6,11-12H,7-10H2,1H3,(H,19,20). The van der Waals surface area contributed by atoms with Gasteiger partial charge in [-0.1, -0.05) is 18.2 Å². The fourth-order valence-corrected chi connectivity index (χ4v) is 3.04. The van der Waals surface area contributed by atoms with Crippen LogP contribution >= 0.6 is 0 Å². The molecule has 5 nitrogen and oxygen atoms in total. The first kappa shape index (κ1) is 13.1. The first-order valence-corrected chi connectivity index (χ1v) is 7.67. The maximum Gasteiger partial charge on any atom is 0.129 e. The second-order valence-electron chi connectivity index (χ2n) is 5.71.